The number of hydrogen-bond donors (Lipinski definition) is 2. The lowest BCUT2D eigenvalue weighted by Gasteiger charge is -2.38. The third-order valence-electron chi connectivity index (χ3n) is 13.3. The number of aromatic hydroxyl groups is 1. The number of amides is 2. The molecule has 3 fully saturated rings. The van der Waals surface area contributed by atoms with Crippen LogP contribution in [0.25, 0.3) is 0 Å². The van der Waals surface area contributed by atoms with E-state index in [-0.39, 0.29) is 17.7 Å². The lowest BCUT2D eigenvalue weighted by atomic mass is 9.69. The van der Waals surface area contributed by atoms with Crippen LogP contribution < -0.4 is 15.1 Å². The molecule has 4 aromatic carbocycles. The number of allylic oxidation sites excluding steroid dienone is 1. The molecule has 0 radical (unpaired) electrons. The maximum absolute atomic E-state index is 13.2. The Bertz CT molecular complexity index is 2050. The number of fused-ring (bicyclic) bond motifs is 2. The van der Waals surface area contributed by atoms with Gasteiger partial charge in [0.2, 0.25) is 5.91 Å². The first-order chi connectivity index (χ1) is 26.9. The molecule has 2 amide bonds. The third-order valence-corrected chi connectivity index (χ3v) is 13.3. The maximum Gasteiger partial charge on any atom is 0.255 e. The highest BCUT2D eigenvalue weighted by Gasteiger charge is 2.38. The quantitative estimate of drug-likeness (QED) is 0.196. The van der Waals surface area contributed by atoms with E-state index in [1.807, 2.05) is 18.2 Å². The summed E-state index contributed by atoms with van der Waals surface area (Å²) in [5.74, 6) is 1.66. The third kappa shape index (κ3) is 7.25. The molecule has 284 valence electrons. The van der Waals surface area contributed by atoms with Gasteiger partial charge in [0.1, 0.15) is 11.8 Å². The summed E-state index contributed by atoms with van der Waals surface area (Å²) < 4.78 is 0. The van der Waals surface area contributed by atoms with Gasteiger partial charge in [0.15, 0.2) is 0 Å². The summed E-state index contributed by atoms with van der Waals surface area (Å²) in [6.07, 6.45) is 7.13. The van der Waals surface area contributed by atoms with Gasteiger partial charge in [-0.05, 0) is 134 Å². The van der Waals surface area contributed by atoms with Gasteiger partial charge < -0.3 is 25.1 Å². The molecule has 0 unspecified atom stereocenters. The second-order valence-electron chi connectivity index (χ2n) is 16.5. The average Bonchev–Trinajstić information content (AvgIpc) is 3.55. The molecule has 3 atom stereocenters. The normalized spacial score (nSPS) is 23.5. The van der Waals surface area contributed by atoms with E-state index in [1.54, 1.807) is 4.90 Å². The van der Waals surface area contributed by atoms with E-state index in [0.29, 0.717) is 31.1 Å². The zero-order chi connectivity index (χ0) is 37.5. The number of carbonyl (C=O) groups excluding carboxylic acids is 2. The predicted octanol–water partition coefficient (Wildman–Crippen LogP) is 7.43. The molecule has 3 saturated heterocycles. The summed E-state index contributed by atoms with van der Waals surface area (Å²) >= 11 is 0. The number of anilines is 2. The lowest BCUT2D eigenvalue weighted by molar-refractivity contribution is -0.126. The molecule has 55 heavy (non-hydrogen) atoms. The fraction of sp³-hybridized carbons (Fsp3) is 0.404. The first-order valence-corrected chi connectivity index (χ1v) is 20.5. The highest BCUT2D eigenvalue weighted by molar-refractivity contribution is 6.01. The number of hydrogen-bond acceptors (Lipinski definition) is 6. The van der Waals surface area contributed by atoms with Crippen LogP contribution in [0.15, 0.2) is 103 Å². The van der Waals surface area contributed by atoms with Gasteiger partial charge in [-0.2, -0.15) is 0 Å². The molecule has 0 spiro atoms. The van der Waals surface area contributed by atoms with Crippen molar-refractivity contribution < 1.29 is 14.7 Å². The van der Waals surface area contributed by atoms with Crippen LogP contribution in [-0.4, -0.2) is 78.6 Å². The minimum Gasteiger partial charge on any atom is -0.508 e. The Hall–Kier alpha value is -5.08. The maximum atomic E-state index is 13.2. The summed E-state index contributed by atoms with van der Waals surface area (Å²) in [5, 5.41) is 13.1. The highest BCUT2D eigenvalue weighted by Crippen LogP contribution is 2.47. The van der Waals surface area contributed by atoms with E-state index in [0.717, 1.165) is 81.4 Å². The first kappa shape index (κ1) is 35.6. The van der Waals surface area contributed by atoms with E-state index in [1.165, 1.54) is 52.9 Å². The standard InChI is InChI=1S/C47H53N5O3/c1-32-7-18-44(46(54)48-32)52-31-37-29-39(13-16-43(37)47(52)55)51-27-25-49(26-28-51)22-19-33-20-23-50(24-21-33)38-11-8-35(9-12-38)45-41(34-5-3-2-4-6-34)15-10-36-30-40(53)14-17-42(36)45/h2-6,8-9,11-14,16-17,29-30,33,41,44-45,53H,1,7,10,15,18-28,31H2,(H,48,54)/t41-,44-,45+/m0/s1. The van der Waals surface area contributed by atoms with Gasteiger partial charge in [0.05, 0.1) is 0 Å². The summed E-state index contributed by atoms with van der Waals surface area (Å²) in [6, 6.07) is 32.1. The Balaban J connectivity index is 0.756. The zero-order valence-electron chi connectivity index (χ0n) is 31.8. The summed E-state index contributed by atoms with van der Waals surface area (Å²) in [6.45, 7) is 11.8. The number of piperidine rings is 2. The van der Waals surface area contributed by atoms with Crippen LogP contribution in [0.2, 0.25) is 0 Å². The number of aryl methyl sites for hydroxylation is 1. The predicted molar refractivity (Wildman–Crippen MR) is 219 cm³/mol. The smallest absolute Gasteiger partial charge is 0.255 e. The number of carbonyl (C=O) groups is 2. The number of benzene rings is 4. The molecule has 0 saturated carbocycles. The Kier molecular flexibility index (Phi) is 9.85. The second kappa shape index (κ2) is 15.2. The fourth-order valence-corrected chi connectivity index (χ4v) is 10.1. The zero-order valence-corrected chi connectivity index (χ0v) is 31.8. The van der Waals surface area contributed by atoms with Crippen molar-refractivity contribution in [3.8, 4) is 5.75 Å². The molecule has 8 heteroatoms. The lowest BCUT2D eigenvalue weighted by Crippen LogP contribution is -2.49. The number of phenolic OH excluding ortho intramolecular Hbond substituents is 1. The molecule has 4 aromatic rings. The SMILES string of the molecule is C=C1CC[C@H](N2Cc3cc(N4CCN(CCC5CCN(c6ccc([C@H]7c8ccc(O)cc8CC[C@H]7c7ccccc7)cc6)CC5)CC4)ccc3C2=O)C(=O)N1. The van der Waals surface area contributed by atoms with Crippen molar-refractivity contribution in [2.45, 2.75) is 69.4 Å². The number of piperazine rings is 1. The Morgan fingerprint density at radius 1 is 0.709 bits per heavy atom. The van der Waals surface area contributed by atoms with Gasteiger partial charge in [-0.1, -0.05) is 55.1 Å². The van der Waals surface area contributed by atoms with E-state index in [4.69, 9.17) is 0 Å². The largest absolute Gasteiger partial charge is 0.508 e. The van der Waals surface area contributed by atoms with Crippen LogP contribution in [-0.2, 0) is 17.8 Å². The van der Waals surface area contributed by atoms with Crippen molar-refractivity contribution in [1.29, 1.82) is 0 Å². The van der Waals surface area contributed by atoms with E-state index in [2.05, 4.69) is 99.4 Å². The van der Waals surface area contributed by atoms with E-state index >= 15 is 0 Å². The molecule has 8 nitrogen and oxygen atoms in total. The van der Waals surface area contributed by atoms with Gasteiger partial charge >= 0.3 is 0 Å². The van der Waals surface area contributed by atoms with Crippen LogP contribution in [0.3, 0.4) is 0 Å². The van der Waals surface area contributed by atoms with Gasteiger partial charge in [0.25, 0.3) is 5.91 Å². The van der Waals surface area contributed by atoms with Crippen molar-refractivity contribution in [1.82, 2.24) is 15.1 Å². The molecular weight excluding hydrogens is 683 g/mol. The number of rotatable bonds is 8. The molecule has 9 rings (SSSR count). The molecular formula is C47H53N5O3. The molecule has 5 aliphatic rings. The van der Waals surface area contributed by atoms with E-state index < -0.39 is 6.04 Å². The summed E-state index contributed by atoms with van der Waals surface area (Å²) in [4.78, 5) is 35.2. The molecule has 4 aliphatic heterocycles. The molecule has 0 aromatic heterocycles. The minimum absolute atomic E-state index is 0.0377. The van der Waals surface area contributed by atoms with Gasteiger partial charge in [-0.25, -0.2) is 0 Å². The average molecular weight is 736 g/mol. The highest BCUT2D eigenvalue weighted by atomic mass is 16.3. The van der Waals surface area contributed by atoms with Crippen molar-refractivity contribution in [2.24, 2.45) is 5.92 Å². The Morgan fingerprint density at radius 2 is 1.45 bits per heavy atom. The molecule has 2 N–H and O–H groups in total. The van der Waals surface area contributed by atoms with Crippen LogP contribution in [0.5, 0.6) is 5.75 Å². The Morgan fingerprint density at radius 3 is 2.22 bits per heavy atom. The van der Waals surface area contributed by atoms with Crippen LogP contribution in [0, 0.1) is 5.92 Å². The molecule has 0 bridgehead atoms. The van der Waals surface area contributed by atoms with Crippen LogP contribution in [0.1, 0.15) is 88.5 Å². The summed E-state index contributed by atoms with van der Waals surface area (Å²) in [5.41, 5.74) is 10.4. The molecule has 1 aliphatic carbocycles. The van der Waals surface area contributed by atoms with Crippen LogP contribution in [0.4, 0.5) is 11.4 Å². The summed E-state index contributed by atoms with van der Waals surface area (Å²) in [7, 11) is 0. The van der Waals surface area contributed by atoms with Crippen molar-refractivity contribution in [3.63, 3.8) is 0 Å². The van der Waals surface area contributed by atoms with E-state index in [9.17, 15) is 14.7 Å². The number of nitrogens with one attached hydrogen (secondary N) is 1. The first-order valence-electron chi connectivity index (χ1n) is 20.5. The monoisotopic (exact) mass is 735 g/mol. The topological polar surface area (TPSA) is 79.4 Å². The van der Waals surface area contributed by atoms with Crippen LogP contribution >= 0.6 is 0 Å². The minimum atomic E-state index is -0.423. The fourth-order valence-electron chi connectivity index (χ4n) is 10.1. The van der Waals surface area contributed by atoms with Crippen molar-refractivity contribution in [3.05, 3.63) is 137 Å². The number of phenols is 1. The Labute approximate surface area is 325 Å². The van der Waals surface area contributed by atoms with Gasteiger partial charge in [-0.15, -0.1) is 0 Å². The van der Waals surface area contributed by atoms with Gasteiger partial charge in [0, 0.05) is 74.4 Å². The second-order valence-corrected chi connectivity index (χ2v) is 16.5. The number of nitrogens with zero attached hydrogens (tertiary/aromatic N) is 4. The van der Waals surface area contributed by atoms with Crippen molar-refractivity contribution in [2.75, 3.05) is 55.6 Å². The molecule has 4 heterocycles. The van der Waals surface area contributed by atoms with Gasteiger partial charge in [-0.3, -0.25) is 14.5 Å². The van der Waals surface area contributed by atoms with Crippen molar-refractivity contribution >= 4 is 23.2 Å².